The molecular weight excluding hydrogens is 344 g/mol. The molecule has 0 aliphatic carbocycles. The van der Waals surface area contributed by atoms with Crippen LogP contribution in [-0.2, 0) is 16.0 Å². The molecule has 0 aliphatic heterocycles. The molecule has 2 amide bonds. The third kappa shape index (κ3) is 5.06. The third-order valence-corrected chi connectivity index (χ3v) is 3.78. The van der Waals surface area contributed by atoms with Crippen molar-refractivity contribution in [3.8, 4) is 0 Å². The average molecular weight is 361 g/mol. The number of rotatable bonds is 6. The predicted molar refractivity (Wildman–Crippen MR) is 94.7 cm³/mol. The summed E-state index contributed by atoms with van der Waals surface area (Å²) in [6, 6.07) is 13.7. The van der Waals surface area contributed by atoms with Crippen molar-refractivity contribution in [1.29, 1.82) is 0 Å². The average Bonchev–Trinajstić information content (AvgIpc) is 2.55. The topological polar surface area (TPSA) is 98.5 Å². The molecule has 0 fully saturated rings. The van der Waals surface area contributed by atoms with Crippen LogP contribution in [0.4, 0.5) is 10.5 Å². The lowest BCUT2D eigenvalue weighted by Crippen LogP contribution is -2.29. The molecule has 2 rings (SSSR count). The number of ether oxygens (including phenoxy) is 1. The van der Waals surface area contributed by atoms with Crippen LogP contribution in [0.25, 0.3) is 0 Å². The monoisotopic (exact) mass is 360 g/mol. The maximum absolute atomic E-state index is 12.6. The Bertz CT molecular complexity index is 793. The van der Waals surface area contributed by atoms with Crippen molar-refractivity contribution in [1.82, 2.24) is 0 Å². The van der Waals surface area contributed by atoms with Crippen molar-refractivity contribution >= 4 is 35.1 Å². The lowest BCUT2D eigenvalue weighted by atomic mass is 9.99. The van der Waals surface area contributed by atoms with Crippen molar-refractivity contribution in [3.05, 3.63) is 64.7 Å². The van der Waals surface area contributed by atoms with E-state index in [1.807, 2.05) is 6.07 Å². The van der Waals surface area contributed by atoms with Crippen molar-refractivity contribution in [2.45, 2.75) is 19.4 Å². The summed E-state index contributed by atoms with van der Waals surface area (Å²) in [4.78, 5) is 35.5. The van der Waals surface area contributed by atoms with Gasteiger partial charge in [0.05, 0.1) is 10.6 Å². The standard InChI is InChI=1S/C18H17ClN2O4/c1-11(25-18(20)24)15(22)10-12-6-5-9-14(19)16(12)17(23)21-13-7-3-2-4-8-13/h2-9,11H,10H2,1H3,(H2,20,24)(H,21,23). The van der Waals surface area contributed by atoms with Crippen LogP contribution in [0.3, 0.4) is 0 Å². The van der Waals surface area contributed by atoms with E-state index < -0.39 is 23.9 Å². The van der Waals surface area contributed by atoms with E-state index in [1.54, 1.807) is 42.5 Å². The minimum atomic E-state index is -1.03. The summed E-state index contributed by atoms with van der Waals surface area (Å²) in [5, 5.41) is 2.96. The van der Waals surface area contributed by atoms with Gasteiger partial charge in [-0.15, -0.1) is 0 Å². The largest absolute Gasteiger partial charge is 0.439 e. The highest BCUT2D eigenvalue weighted by atomic mass is 35.5. The number of carbonyl (C=O) groups is 3. The fraction of sp³-hybridized carbons (Fsp3) is 0.167. The van der Waals surface area contributed by atoms with Gasteiger partial charge in [-0.1, -0.05) is 41.9 Å². The number of hydrogen-bond donors (Lipinski definition) is 2. The zero-order chi connectivity index (χ0) is 18.4. The van der Waals surface area contributed by atoms with Gasteiger partial charge in [0, 0.05) is 12.1 Å². The summed E-state index contributed by atoms with van der Waals surface area (Å²) in [5.74, 6) is -0.821. The fourth-order valence-electron chi connectivity index (χ4n) is 2.26. The second kappa shape index (κ2) is 8.30. The zero-order valence-corrected chi connectivity index (χ0v) is 14.2. The van der Waals surface area contributed by atoms with E-state index in [0.29, 0.717) is 11.3 Å². The molecule has 25 heavy (non-hydrogen) atoms. The maximum Gasteiger partial charge on any atom is 0.405 e. The van der Waals surface area contributed by atoms with E-state index in [-0.39, 0.29) is 17.0 Å². The van der Waals surface area contributed by atoms with E-state index >= 15 is 0 Å². The van der Waals surface area contributed by atoms with Crippen LogP contribution in [0.15, 0.2) is 48.5 Å². The van der Waals surface area contributed by atoms with Gasteiger partial charge in [0.2, 0.25) is 0 Å². The number of halogens is 1. The van der Waals surface area contributed by atoms with Gasteiger partial charge in [0.1, 0.15) is 0 Å². The quantitative estimate of drug-likeness (QED) is 0.826. The zero-order valence-electron chi connectivity index (χ0n) is 13.5. The SMILES string of the molecule is CC(OC(N)=O)C(=O)Cc1cccc(Cl)c1C(=O)Nc1ccccc1. The first kappa shape index (κ1) is 18.5. The lowest BCUT2D eigenvalue weighted by molar-refractivity contribution is -0.125. The molecule has 0 aliphatic rings. The Balaban J connectivity index is 2.22. The van der Waals surface area contributed by atoms with Crippen LogP contribution in [0.2, 0.25) is 5.02 Å². The first-order valence-corrected chi connectivity index (χ1v) is 7.89. The summed E-state index contributed by atoms with van der Waals surface area (Å²) in [6.45, 7) is 1.42. The number of Topliss-reactive ketones (excluding diaryl/α,β-unsaturated/α-hetero) is 1. The van der Waals surface area contributed by atoms with E-state index in [9.17, 15) is 14.4 Å². The smallest absolute Gasteiger partial charge is 0.405 e. The van der Waals surface area contributed by atoms with Crippen molar-refractivity contribution in [2.75, 3.05) is 5.32 Å². The highest BCUT2D eigenvalue weighted by Crippen LogP contribution is 2.23. The van der Waals surface area contributed by atoms with Gasteiger partial charge in [-0.05, 0) is 30.7 Å². The molecule has 0 saturated carbocycles. The molecule has 0 radical (unpaired) electrons. The number of nitrogens with two attached hydrogens (primary N) is 1. The summed E-state index contributed by atoms with van der Waals surface area (Å²) >= 11 is 6.16. The molecule has 1 atom stereocenters. The molecule has 0 bridgehead atoms. The molecule has 0 aromatic heterocycles. The normalized spacial score (nSPS) is 11.4. The number of anilines is 1. The van der Waals surface area contributed by atoms with E-state index in [4.69, 9.17) is 17.3 Å². The molecule has 2 aromatic rings. The Morgan fingerprint density at radius 1 is 1.12 bits per heavy atom. The van der Waals surface area contributed by atoms with E-state index in [0.717, 1.165) is 0 Å². The van der Waals surface area contributed by atoms with Gasteiger partial charge in [0.25, 0.3) is 5.91 Å². The highest BCUT2D eigenvalue weighted by molar-refractivity contribution is 6.34. The molecule has 0 heterocycles. The van der Waals surface area contributed by atoms with Gasteiger partial charge < -0.3 is 15.8 Å². The van der Waals surface area contributed by atoms with Gasteiger partial charge in [-0.3, -0.25) is 9.59 Å². The van der Waals surface area contributed by atoms with Crippen LogP contribution >= 0.6 is 11.6 Å². The predicted octanol–water partition coefficient (Wildman–Crippen LogP) is 3.19. The number of amides is 2. The first-order chi connectivity index (χ1) is 11.9. The molecule has 130 valence electrons. The highest BCUT2D eigenvalue weighted by Gasteiger charge is 2.22. The number of para-hydroxylation sites is 1. The molecule has 3 N–H and O–H groups in total. The summed E-state index contributed by atoms with van der Waals surface area (Å²) in [6.07, 6.45) is -2.16. The van der Waals surface area contributed by atoms with Crippen LogP contribution in [-0.4, -0.2) is 23.9 Å². The Labute approximate surface area is 149 Å². The minimum absolute atomic E-state index is 0.119. The van der Waals surface area contributed by atoms with E-state index in [2.05, 4.69) is 10.1 Å². The van der Waals surface area contributed by atoms with Gasteiger partial charge >= 0.3 is 6.09 Å². The summed E-state index contributed by atoms with van der Waals surface area (Å²) in [5.41, 5.74) is 6.16. The summed E-state index contributed by atoms with van der Waals surface area (Å²) < 4.78 is 4.67. The second-order valence-electron chi connectivity index (χ2n) is 5.32. The number of ketones is 1. The van der Waals surface area contributed by atoms with Crippen molar-refractivity contribution in [2.24, 2.45) is 5.73 Å². The Kier molecular flexibility index (Phi) is 6.14. The van der Waals surface area contributed by atoms with Gasteiger partial charge in [-0.25, -0.2) is 4.79 Å². The lowest BCUT2D eigenvalue weighted by Gasteiger charge is -2.14. The molecular formula is C18H17ClN2O4. The second-order valence-corrected chi connectivity index (χ2v) is 5.72. The molecule has 7 heteroatoms. The van der Waals surface area contributed by atoms with Crippen LogP contribution in [0.1, 0.15) is 22.8 Å². The van der Waals surface area contributed by atoms with Gasteiger partial charge in [0.15, 0.2) is 11.9 Å². The third-order valence-electron chi connectivity index (χ3n) is 3.47. The van der Waals surface area contributed by atoms with Crippen LogP contribution in [0, 0.1) is 0 Å². The Morgan fingerprint density at radius 3 is 2.44 bits per heavy atom. The molecule has 6 nitrogen and oxygen atoms in total. The molecule has 0 spiro atoms. The maximum atomic E-state index is 12.6. The number of nitrogens with one attached hydrogen (secondary N) is 1. The molecule has 0 saturated heterocycles. The molecule has 1 unspecified atom stereocenters. The molecule has 2 aromatic carbocycles. The first-order valence-electron chi connectivity index (χ1n) is 7.51. The van der Waals surface area contributed by atoms with Crippen LogP contribution < -0.4 is 11.1 Å². The minimum Gasteiger partial charge on any atom is -0.439 e. The van der Waals surface area contributed by atoms with E-state index in [1.165, 1.54) is 6.92 Å². The fourth-order valence-corrected chi connectivity index (χ4v) is 2.54. The van der Waals surface area contributed by atoms with Gasteiger partial charge in [-0.2, -0.15) is 0 Å². The van der Waals surface area contributed by atoms with Crippen LogP contribution in [0.5, 0.6) is 0 Å². The summed E-state index contributed by atoms with van der Waals surface area (Å²) in [7, 11) is 0. The number of primary amides is 1. The Morgan fingerprint density at radius 2 is 1.80 bits per heavy atom. The number of hydrogen-bond acceptors (Lipinski definition) is 4. The Hall–Kier alpha value is -2.86. The number of carbonyl (C=O) groups excluding carboxylic acids is 3. The number of benzene rings is 2. The van der Waals surface area contributed by atoms with Crippen molar-refractivity contribution < 1.29 is 19.1 Å². The van der Waals surface area contributed by atoms with Crippen molar-refractivity contribution in [3.63, 3.8) is 0 Å².